The van der Waals surface area contributed by atoms with Crippen LogP contribution in [0.5, 0.6) is 0 Å². The standard InChI is InChI=1S/C11H14N2/c1-8-5-6-10(7-9(8)2)11(12-3)13-4/h5-7H,3H2,1-2,4H3/b13-11-. The minimum atomic E-state index is 0.697. The van der Waals surface area contributed by atoms with Crippen molar-refractivity contribution in [2.24, 2.45) is 9.98 Å². The molecular formula is C11H14N2. The van der Waals surface area contributed by atoms with Crippen molar-refractivity contribution in [3.63, 3.8) is 0 Å². The van der Waals surface area contributed by atoms with Crippen molar-refractivity contribution >= 4 is 12.6 Å². The fourth-order valence-electron chi connectivity index (χ4n) is 1.17. The maximum absolute atomic E-state index is 4.04. The first-order valence-electron chi connectivity index (χ1n) is 4.20. The molecule has 0 aromatic heterocycles. The molecule has 0 unspecified atom stereocenters. The van der Waals surface area contributed by atoms with Crippen LogP contribution >= 0.6 is 0 Å². The molecule has 0 radical (unpaired) electrons. The zero-order chi connectivity index (χ0) is 9.84. The highest BCUT2D eigenvalue weighted by molar-refractivity contribution is 6.01. The van der Waals surface area contributed by atoms with Gasteiger partial charge in [0.05, 0.1) is 0 Å². The van der Waals surface area contributed by atoms with Crippen LogP contribution in [0.2, 0.25) is 0 Å². The van der Waals surface area contributed by atoms with Crippen molar-refractivity contribution in [3.05, 3.63) is 34.9 Å². The summed E-state index contributed by atoms with van der Waals surface area (Å²) in [6, 6.07) is 6.16. The molecule has 0 atom stereocenters. The van der Waals surface area contributed by atoms with Gasteiger partial charge < -0.3 is 0 Å². The first-order chi connectivity index (χ1) is 6.19. The minimum absolute atomic E-state index is 0.697. The van der Waals surface area contributed by atoms with Gasteiger partial charge in [-0.15, -0.1) is 0 Å². The molecule has 0 bridgehead atoms. The second-order valence-corrected chi connectivity index (χ2v) is 3.00. The number of aryl methyl sites for hydroxylation is 2. The molecule has 2 heteroatoms. The second kappa shape index (κ2) is 3.99. The van der Waals surface area contributed by atoms with Crippen molar-refractivity contribution in [1.29, 1.82) is 0 Å². The van der Waals surface area contributed by atoms with E-state index in [0.29, 0.717) is 5.84 Å². The molecule has 1 rings (SSSR count). The molecule has 0 saturated carbocycles. The van der Waals surface area contributed by atoms with Gasteiger partial charge in [-0.25, -0.2) is 4.99 Å². The third-order valence-electron chi connectivity index (χ3n) is 2.13. The van der Waals surface area contributed by atoms with E-state index in [2.05, 4.69) is 42.7 Å². The van der Waals surface area contributed by atoms with Crippen LogP contribution in [0.25, 0.3) is 0 Å². The molecular weight excluding hydrogens is 160 g/mol. The third kappa shape index (κ3) is 2.02. The summed E-state index contributed by atoms with van der Waals surface area (Å²) in [7, 11) is 1.72. The smallest absolute Gasteiger partial charge is 0.153 e. The third-order valence-corrected chi connectivity index (χ3v) is 2.13. The molecule has 0 saturated heterocycles. The number of hydrogen-bond donors (Lipinski definition) is 0. The van der Waals surface area contributed by atoms with Crippen molar-refractivity contribution in [2.45, 2.75) is 13.8 Å². The second-order valence-electron chi connectivity index (χ2n) is 3.00. The fourth-order valence-corrected chi connectivity index (χ4v) is 1.17. The normalized spacial score (nSPS) is 11.5. The van der Waals surface area contributed by atoms with Crippen LogP contribution in [0.3, 0.4) is 0 Å². The number of amidine groups is 1. The molecule has 0 heterocycles. The summed E-state index contributed by atoms with van der Waals surface area (Å²) in [6.07, 6.45) is 0. The molecule has 0 aliphatic heterocycles. The lowest BCUT2D eigenvalue weighted by molar-refractivity contribution is 1.32. The molecule has 1 aromatic carbocycles. The fraction of sp³-hybridized carbons (Fsp3) is 0.273. The number of aliphatic imine (C=N–C) groups is 2. The van der Waals surface area contributed by atoms with Crippen molar-refractivity contribution in [3.8, 4) is 0 Å². The molecule has 68 valence electrons. The van der Waals surface area contributed by atoms with Gasteiger partial charge in [-0.3, -0.25) is 4.99 Å². The van der Waals surface area contributed by atoms with E-state index in [0.717, 1.165) is 5.56 Å². The van der Waals surface area contributed by atoms with Crippen molar-refractivity contribution < 1.29 is 0 Å². The molecule has 1 aromatic rings. The topological polar surface area (TPSA) is 24.7 Å². The lowest BCUT2D eigenvalue weighted by atomic mass is 10.1. The van der Waals surface area contributed by atoms with Crippen LogP contribution in [-0.4, -0.2) is 19.6 Å². The Morgan fingerprint density at radius 2 is 1.92 bits per heavy atom. The molecule has 0 amide bonds. The Bertz CT molecular complexity index is 351. The molecule has 0 spiro atoms. The first-order valence-corrected chi connectivity index (χ1v) is 4.20. The highest BCUT2D eigenvalue weighted by Crippen LogP contribution is 2.10. The van der Waals surface area contributed by atoms with E-state index >= 15 is 0 Å². The Hall–Kier alpha value is -1.44. The zero-order valence-corrected chi connectivity index (χ0v) is 8.33. The van der Waals surface area contributed by atoms with Gasteiger partial charge in [0.2, 0.25) is 0 Å². The lowest BCUT2D eigenvalue weighted by Crippen LogP contribution is -1.97. The van der Waals surface area contributed by atoms with E-state index in [1.807, 2.05) is 6.07 Å². The molecule has 2 nitrogen and oxygen atoms in total. The van der Waals surface area contributed by atoms with Crippen LogP contribution in [-0.2, 0) is 0 Å². The Kier molecular flexibility index (Phi) is 2.96. The van der Waals surface area contributed by atoms with Crippen LogP contribution in [0.1, 0.15) is 16.7 Å². The average molecular weight is 174 g/mol. The SMILES string of the molecule is C=N/C(=N\C)c1ccc(C)c(C)c1. The minimum Gasteiger partial charge on any atom is -0.270 e. The van der Waals surface area contributed by atoms with Crippen molar-refractivity contribution in [1.82, 2.24) is 0 Å². The maximum atomic E-state index is 4.04. The highest BCUT2D eigenvalue weighted by atomic mass is 14.9. The predicted octanol–water partition coefficient (Wildman–Crippen LogP) is 2.38. The van der Waals surface area contributed by atoms with Gasteiger partial charge >= 0.3 is 0 Å². The average Bonchev–Trinajstić information content (AvgIpc) is 2.13. The van der Waals surface area contributed by atoms with Gasteiger partial charge in [-0.05, 0) is 37.8 Å². The molecule has 0 fully saturated rings. The monoisotopic (exact) mass is 174 g/mol. The largest absolute Gasteiger partial charge is 0.270 e. The van der Waals surface area contributed by atoms with Gasteiger partial charge in [0.15, 0.2) is 5.84 Å². The van der Waals surface area contributed by atoms with Crippen molar-refractivity contribution in [2.75, 3.05) is 7.05 Å². The van der Waals surface area contributed by atoms with Gasteiger partial charge in [-0.2, -0.15) is 0 Å². The van der Waals surface area contributed by atoms with E-state index < -0.39 is 0 Å². The van der Waals surface area contributed by atoms with Crippen LogP contribution < -0.4 is 0 Å². The van der Waals surface area contributed by atoms with E-state index in [4.69, 9.17) is 0 Å². The Labute approximate surface area is 79.0 Å². The quantitative estimate of drug-likeness (QED) is 0.461. The molecule has 0 aliphatic rings. The summed E-state index contributed by atoms with van der Waals surface area (Å²) in [5, 5.41) is 0. The molecule has 0 N–H and O–H groups in total. The zero-order valence-electron chi connectivity index (χ0n) is 8.33. The number of benzene rings is 1. The van der Waals surface area contributed by atoms with E-state index in [9.17, 15) is 0 Å². The highest BCUT2D eigenvalue weighted by Gasteiger charge is 2.00. The van der Waals surface area contributed by atoms with E-state index in [1.165, 1.54) is 11.1 Å². The molecule has 0 aliphatic carbocycles. The summed E-state index contributed by atoms with van der Waals surface area (Å²) >= 11 is 0. The van der Waals surface area contributed by atoms with Crippen LogP contribution in [0, 0.1) is 13.8 Å². The van der Waals surface area contributed by atoms with E-state index in [-0.39, 0.29) is 0 Å². The lowest BCUT2D eigenvalue weighted by Gasteiger charge is -2.03. The van der Waals surface area contributed by atoms with Gasteiger partial charge in [0.1, 0.15) is 0 Å². The summed E-state index contributed by atoms with van der Waals surface area (Å²) in [4.78, 5) is 7.88. The number of hydrogen-bond acceptors (Lipinski definition) is 1. The molecule has 13 heavy (non-hydrogen) atoms. The Balaban J connectivity index is 3.17. The van der Waals surface area contributed by atoms with Gasteiger partial charge in [0.25, 0.3) is 0 Å². The maximum Gasteiger partial charge on any atom is 0.153 e. The Morgan fingerprint density at radius 3 is 2.38 bits per heavy atom. The predicted molar refractivity (Wildman–Crippen MR) is 57.9 cm³/mol. The number of rotatable bonds is 1. The van der Waals surface area contributed by atoms with Gasteiger partial charge in [-0.1, -0.05) is 12.1 Å². The van der Waals surface area contributed by atoms with Crippen LogP contribution in [0.15, 0.2) is 28.2 Å². The van der Waals surface area contributed by atoms with Gasteiger partial charge in [0, 0.05) is 12.6 Å². The summed E-state index contributed by atoms with van der Waals surface area (Å²) in [5.74, 6) is 0.697. The van der Waals surface area contributed by atoms with E-state index in [1.54, 1.807) is 7.05 Å². The van der Waals surface area contributed by atoms with Crippen LogP contribution in [0.4, 0.5) is 0 Å². The number of nitrogens with zero attached hydrogens (tertiary/aromatic N) is 2. The summed E-state index contributed by atoms with van der Waals surface area (Å²) < 4.78 is 0. The first kappa shape index (κ1) is 9.65. The Morgan fingerprint density at radius 1 is 1.23 bits per heavy atom. The summed E-state index contributed by atoms with van der Waals surface area (Å²) in [6.45, 7) is 7.64. The summed E-state index contributed by atoms with van der Waals surface area (Å²) in [5.41, 5.74) is 3.56.